The van der Waals surface area contributed by atoms with Crippen molar-refractivity contribution in [1.29, 1.82) is 0 Å². The molecule has 0 aliphatic carbocycles. The largest absolute Gasteiger partial charge is 0.300 e. The molecule has 2 heterocycles. The molecule has 2 fully saturated rings. The van der Waals surface area contributed by atoms with Crippen molar-refractivity contribution in [3.63, 3.8) is 0 Å². The van der Waals surface area contributed by atoms with Crippen LogP contribution in [0.15, 0.2) is 53.4 Å². The molecular weight excluding hydrogens is 372 g/mol. The molecule has 0 spiro atoms. The van der Waals surface area contributed by atoms with Crippen molar-refractivity contribution in [3.8, 4) is 11.1 Å². The third kappa shape index (κ3) is 5.08. The molecular formula is C23H29ClN2S. The van der Waals surface area contributed by atoms with E-state index < -0.39 is 0 Å². The highest BCUT2D eigenvalue weighted by Crippen LogP contribution is 2.32. The third-order valence-corrected chi connectivity index (χ3v) is 7.34. The first-order chi connectivity index (χ1) is 13.2. The molecule has 2 aliphatic heterocycles. The van der Waals surface area contributed by atoms with Gasteiger partial charge in [-0.25, -0.2) is 4.31 Å². The zero-order valence-electron chi connectivity index (χ0n) is 16.1. The molecule has 2 nitrogen and oxygen atoms in total. The average Bonchev–Trinajstić information content (AvgIpc) is 2.70. The minimum absolute atomic E-state index is 0.787. The van der Waals surface area contributed by atoms with Gasteiger partial charge in [0.1, 0.15) is 0 Å². The van der Waals surface area contributed by atoms with Gasteiger partial charge in [-0.05, 0) is 92.0 Å². The number of piperidine rings is 2. The second-order valence-electron chi connectivity index (χ2n) is 8.00. The van der Waals surface area contributed by atoms with Crippen LogP contribution in [0.3, 0.4) is 0 Å². The Morgan fingerprint density at radius 3 is 2.26 bits per heavy atom. The van der Waals surface area contributed by atoms with Gasteiger partial charge in [0.15, 0.2) is 0 Å². The number of rotatable bonds is 4. The van der Waals surface area contributed by atoms with Crippen LogP contribution in [0.2, 0.25) is 5.02 Å². The highest BCUT2D eigenvalue weighted by molar-refractivity contribution is 7.97. The topological polar surface area (TPSA) is 6.48 Å². The second kappa shape index (κ2) is 9.00. The zero-order valence-corrected chi connectivity index (χ0v) is 17.7. The Morgan fingerprint density at radius 2 is 1.56 bits per heavy atom. The Labute approximate surface area is 173 Å². The lowest BCUT2D eigenvalue weighted by Crippen LogP contribution is -2.46. The van der Waals surface area contributed by atoms with E-state index in [1.54, 1.807) is 0 Å². The predicted molar refractivity (Wildman–Crippen MR) is 117 cm³/mol. The van der Waals surface area contributed by atoms with Gasteiger partial charge in [-0.3, -0.25) is 0 Å². The summed E-state index contributed by atoms with van der Waals surface area (Å²) in [5, 5.41) is 0.787. The maximum absolute atomic E-state index is 6.02. The summed E-state index contributed by atoms with van der Waals surface area (Å²) in [6.07, 6.45) is 5.37. The first-order valence-corrected chi connectivity index (χ1v) is 11.4. The number of hydrogen-bond acceptors (Lipinski definition) is 3. The molecule has 2 aliphatic rings. The predicted octanol–water partition coefficient (Wildman–Crippen LogP) is 6.21. The lowest BCUT2D eigenvalue weighted by molar-refractivity contribution is 0.103. The van der Waals surface area contributed by atoms with Gasteiger partial charge in [0, 0.05) is 29.0 Å². The molecule has 4 rings (SSSR count). The summed E-state index contributed by atoms with van der Waals surface area (Å²) in [4.78, 5) is 4.08. The normalized spacial score (nSPS) is 20.8. The molecule has 4 heteroatoms. The van der Waals surface area contributed by atoms with E-state index in [4.69, 9.17) is 11.6 Å². The molecule has 0 amide bonds. The lowest BCUT2D eigenvalue weighted by atomic mass is 9.95. The second-order valence-corrected chi connectivity index (χ2v) is 9.61. The Bertz CT molecular complexity index is 732. The molecule has 0 atom stereocenters. The van der Waals surface area contributed by atoms with E-state index in [2.05, 4.69) is 52.5 Å². The van der Waals surface area contributed by atoms with Crippen molar-refractivity contribution in [3.05, 3.63) is 53.6 Å². The molecule has 2 saturated heterocycles. The van der Waals surface area contributed by atoms with Crippen molar-refractivity contribution < 1.29 is 0 Å². The molecule has 27 heavy (non-hydrogen) atoms. The van der Waals surface area contributed by atoms with Gasteiger partial charge in [0.05, 0.1) is 0 Å². The summed E-state index contributed by atoms with van der Waals surface area (Å²) in [5.41, 5.74) is 2.48. The SMILES string of the molecule is CC1CCN(C2CCN(Sc3cccc(-c4ccc(Cl)cc4)c3)CC2)CC1. The first-order valence-electron chi connectivity index (χ1n) is 10.2. The minimum atomic E-state index is 0.787. The maximum atomic E-state index is 6.02. The summed E-state index contributed by atoms with van der Waals surface area (Å²) in [6.45, 7) is 7.39. The summed E-state index contributed by atoms with van der Waals surface area (Å²) in [6, 6.07) is 17.8. The molecule has 0 bridgehead atoms. The number of halogens is 1. The van der Waals surface area contributed by atoms with Gasteiger partial charge in [0.2, 0.25) is 0 Å². The zero-order chi connectivity index (χ0) is 18.6. The first kappa shape index (κ1) is 19.3. The van der Waals surface area contributed by atoms with E-state index >= 15 is 0 Å². The van der Waals surface area contributed by atoms with Crippen LogP contribution in [0.1, 0.15) is 32.6 Å². The lowest BCUT2D eigenvalue weighted by Gasteiger charge is -2.41. The van der Waals surface area contributed by atoms with Crippen LogP contribution in [0.25, 0.3) is 11.1 Å². The maximum Gasteiger partial charge on any atom is 0.0406 e. The molecule has 2 aromatic rings. The van der Waals surface area contributed by atoms with Crippen LogP contribution in [0, 0.1) is 5.92 Å². The third-order valence-electron chi connectivity index (χ3n) is 6.00. The fourth-order valence-electron chi connectivity index (χ4n) is 4.22. The van der Waals surface area contributed by atoms with Crippen LogP contribution in [-0.4, -0.2) is 41.4 Å². The van der Waals surface area contributed by atoms with Crippen LogP contribution in [-0.2, 0) is 0 Å². The van der Waals surface area contributed by atoms with Crippen LogP contribution < -0.4 is 0 Å². The number of likely N-dealkylation sites (tertiary alicyclic amines) is 1. The fraction of sp³-hybridized carbons (Fsp3) is 0.478. The molecule has 0 saturated carbocycles. The Balaban J connectivity index is 1.33. The van der Waals surface area contributed by atoms with Gasteiger partial charge >= 0.3 is 0 Å². The smallest absolute Gasteiger partial charge is 0.0406 e. The van der Waals surface area contributed by atoms with Crippen molar-refractivity contribution in [2.24, 2.45) is 5.92 Å². The van der Waals surface area contributed by atoms with Crippen molar-refractivity contribution in [2.75, 3.05) is 26.2 Å². The standard InChI is InChI=1S/C23H29ClN2S/c1-18-9-13-25(14-10-18)22-11-15-26(16-12-22)27-23-4-2-3-20(17-23)19-5-7-21(24)8-6-19/h2-8,17-18,22H,9-16H2,1H3. The van der Waals surface area contributed by atoms with Gasteiger partial charge in [0.25, 0.3) is 0 Å². The van der Waals surface area contributed by atoms with E-state index in [1.807, 2.05) is 24.1 Å². The molecule has 0 unspecified atom stereocenters. The van der Waals surface area contributed by atoms with Crippen molar-refractivity contribution in [1.82, 2.24) is 9.21 Å². The molecule has 144 valence electrons. The molecule has 0 N–H and O–H groups in total. The van der Waals surface area contributed by atoms with Gasteiger partial charge < -0.3 is 4.90 Å². The average molecular weight is 401 g/mol. The quantitative estimate of drug-likeness (QED) is 0.563. The Kier molecular flexibility index (Phi) is 6.44. The van der Waals surface area contributed by atoms with E-state index in [0.29, 0.717) is 0 Å². The van der Waals surface area contributed by atoms with E-state index in [9.17, 15) is 0 Å². The number of hydrogen-bond donors (Lipinski definition) is 0. The van der Waals surface area contributed by atoms with Gasteiger partial charge in [-0.2, -0.15) is 0 Å². The number of benzene rings is 2. The van der Waals surface area contributed by atoms with Crippen LogP contribution >= 0.6 is 23.5 Å². The van der Waals surface area contributed by atoms with Crippen LogP contribution in [0.5, 0.6) is 0 Å². The highest BCUT2D eigenvalue weighted by atomic mass is 35.5. The monoisotopic (exact) mass is 400 g/mol. The van der Waals surface area contributed by atoms with E-state index in [1.165, 1.54) is 67.9 Å². The molecule has 2 aromatic carbocycles. The van der Waals surface area contributed by atoms with E-state index in [0.717, 1.165) is 17.0 Å². The van der Waals surface area contributed by atoms with Crippen molar-refractivity contribution >= 4 is 23.5 Å². The van der Waals surface area contributed by atoms with Crippen LogP contribution in [0.4, 0.5) is 0 Å². The number of nitrogens with zero attached hydrogens (tertiary/aromatic N) is 2. The summed E-state index contributed by atoms with van der Waals surface area (Å²) in [7, 11) is 0. The summed E-state index contributed by atoms with van der Waals surface area (Å²) < 4.78 is 2.55. The van der Waals surface area contributed by atoms with Gasteiger partial charge in [-0.1, -0.05) is 42.8 Å². The minimum Gasteiger partial charge on any atom is -0.300 e. The summed E-state index contributed by atoms with van der Waals surface area (Å²) in [5.74, 6) is 0.921. The fourth-order valence-corrected chi connectivity index (χ4v) is 5.35. The van der Waals surface area contributed by atoms with E-state index in [-0.39, 0.29) is 0 Å². The Hall–Kier alpha value is -1.00. The molecule has 0 aromatic heterocycles. The Morgan fingerprint density at radius 1 is 0.852 bits per heavy atom. The van der Waals surface area contributed by atoms with Crippen molar-refractivity contribution in [2.45, 2.75) is 43.5 Å². The van der Waals surface area contributed by atoms with Gasteiger partial charge in [-0.15, -0.1) is 0 Å². The molecule has 0 radical (unpaired) electrons. The highest BCUT2D eigenvalue weighted by Gasteiger charge is 2.27. The summed E-state index contributed by atoms with van der Waals surface area (Å²) >= 11 is 7.93.